The number of halogens is 1. The van der Waals surface area contributed by atoms with E-state index in [2.05, 4.69) is 72.5 Å². The van der Waals surface area contributed by atoms with Crippen LogP contribution in [0.4, 0.5) is 0 Å². The maximum atomic E-state index is 13.9. The van der Waals surface area contributed by atoms with Crippen molar-refractivity contribution in [2.45, 2.75) is 38.8 Å². The van der Waals surface area contributed by atoms with Crippen LogP contribution in [0.1, 0.15) is 27.8 Å². The zero-order chi connectivity index (χ0) is 23.5. The van der Waals surface area contributed by atoms with E-state index in [1.165, 1.54) is 22.3 Å². The van der Waals surface area contributed by atoms with Gasteiger partial charge in [0.15, 0.2) is 0 Å². The zero-order valence-electron chi connectivity index (χ0n) is 19.4. The number of amides is 1. The van der Waals surface area contributed by atoms with E-state index >= 15 is 0 Å². The van der Waals surface area contributed by atoms with Crippen LogP contribution < -0.4 is 0 Å². The van der Waals surface area contributed by atoms with E-state index in [4.69, 9.17) is 11.6 Å². The van der Waals surface area contributed by atoms with Crippen molar-refractivity contribution in [3.8, 4) is 11.1 Å². The van der Waals surface area contributed by atoms with Crippen LogP contribution in [0.3, 0.4) is 0 Å². The second-order valence-corrected chi connectivity index (χ2v) is 9.56. The van der Waals surface area contributed by atoms with Crippen LogP contribution in [0.2, 0.25) is 5.02 Å². The third-order valence-corrected chi connectivity index (χ3v) is 7.12. The number of benzene rings is 4. The molecule has 0 atom stereocenters. The minimum atomic E-state index is 0.139. The van der Waals surface area contributed by atoms with Gasteiger partial charge in [-0.2, -0.15) is 0 Å². The predicted molar refractivity (Wildman–Crippen MR) is 140 cm³/mol. The highest BCUT2D eigenvalue weighted by molar-refractivity contribution is 6.30. The smallest absolute Gasteiger partial charge is 0.227 e. The third-order valence-electron chi connectivity index (χ3n) is 6.89. The SMILES string of the molecule is Cc1ccccc1CN(C(=O)Cc1cc(Cl)ccc1-c1ccccc1)C1Cc2ccccc2C1. The summed E-state index contributed by atoms with van der Waals surface area (Å²) in [6.07, 6.45) is 2.12. The van der Waals surface area contributed by atoms with Crippen molar-refractivity contribution in [2.24, 2.45) is 0 Å². The standard InChI is InChI=1S/C31H28ClNO/c1-22-9-5-6-14-26(22)21-33(29-18-24-12-7-8-13-25(24)19-29)31(34)20-27-17-28(32)15-16-30(27)23-10-3-2-4-11-23/h2-17,29H,18-21H2,1H3. The summed E-state index contributed by atoms with van der Waals surface area (Å²) in [5.74, 6) is 0.139. The Bertz CT molecular complexity index is 1290. The average Bonchev–Trinajstić information content (AvgIpc) is 3.28. The molecule has 0 unspecified atom stereocenters. The molecular formula is C31H28ClNO. The molecule has 0 saturated heterocycles. The molecule has 1 aliphatic carbocycles. The van der Waals surface area contributed by atoms with Crippen molar-refractivity contribution >= 4 is 17.5 Å². The quantitative estimate of drug-likeness (QED) is 0.298. The van der Waals surface area contributed by atoms with Crippen molar-refractivity contribution in [2.75, 3.05) is 0 Å². The molecule has 0 heterocycles. The van der Waals surface area contributed by atoms with Crippen LogP contribution in [0, 0.1) is 6.92 Å². The molecule has 4 aromatic carbocycles. The van der Waals surface area contributed by atoms with E-state index < -0.39 is 0 Å². The van der Waals surface area contributed by atoms with Gasteiger partial charge in [0.25, 0.3) is 0 Å². The molecule has 0 aliphatic heterocycles. The monoisotopic (exact) mass is 465 g/mol. The van der Waals surface area contributed by atoms with Crippen molar-refractivity contribution in [3.05, 3.63) is 130 Å². The maximum absolute atomic E-state index is 13.9. The lowest BCUT2D eigenvalue weighted by molar-refractivity contribution is -0.133. The highest BCUT2D eigenvalue weighted by Crippen LogP contribution is 2.30. The first-order chi connectivity index (χ1) is 16.6. The average molecular weight is 466 g/mol. The van der Waals surface area contributed by atoms with E-state index in [0.29, 0.717) is 18.0 Å². The van der Waals surface area contributed by atoms with Gasteiger partial charge in [0, 0.05) is 17.6 Å². The highest BCUT2D eigenvalue weighted by Gasteiger charge is 2.30. The fourth-order valence-electron chi connectivity index (χ4n) is 5.02. The molecule has 0 N–H and O–H groups in total. The normalized spacial score (nSPS) is 13.0. The largest absolute Gasteiger partial charge is 0.334 e. The summed E-state index contributed by atoms with van der Waals surface area (Å²) in [6, 6.07) is 33.1. The number of fused-ring (bicyclic) bond motifs is 1. The predicted octanol–water partition coefficient (Wildman–Crippen LogP) is 7.05. The summed E-state index contributed by atoms with van der Waals surface area (Å²) in [6.45, 7) is 2.73. The van der Waals surface area contributed by atoms with Gasteiger partial charge < -0.3 is 4.90 Å². The second kappa shape index (κ2) is 9.87. The van der Waals surface area contributed by atoms with Gasteiger partial charge >= 0.3 is 0 Å². The first kappa shape index (κ1) is 22.4. The minimum absolute atomic E-state index is 0.139. The number of hydrogen-bond donors (Lipinski definition) is 0. The van der Waals surface area contributed by atoms with E-state index in [-0.39, 0.29) is 11.9 Å². The number of carbonyl (C=O) groups is 1. The molecule has 0 fully saturated rings. The van der Waals surface area contributed by atoms with Gasteiger partial charge in [-0.25, -0.2) is 0 Å². The van der Waals surface area contributed by atoms with Gasteiger partial charge in [-0.3, -0.25) is 4.79 Å². The third kappa shape index (κ3) is 4.78. The summed E-state index contributed by atoms with van der Waals surface area (Å²) in [7, 11) is 0. The Morgan fingerprint density at radius 2 is 1.47 bits per heavy atom. The van der Waals surface area contributed by atoms with Crippen LogP contribution in [0.25, 0.3) is 11.1 Å². The number of hydrogen-bond acceptors (Lipinski definition) is 1. The Kier molecular flexibility index (Phi) is 6.51. The lowest BCUT2D eigenvalue weighted by Gasteiger charge is -2.30. The summed E-state index contributed by atoms with van der Waals surface area (Å²) in [5, 5.41) is 0.654. The molecule has 0 aromatic heterocycles. The first-order valence-electron chi connectivity index (χ1n) is 11.8. The van der Waals surface area contributed by atoms with E-state index in [1.54, 1.807) is 0 Å². The number of rotatable bonds is 6. The van der Waals surface area contributed by atoms with Gasteiger partial charge in [0.2, 0.25) is 5.91 Å². The van der Waals surface area contributed by atoms with Gasteiger partial charge in [-0.15, -0.1) is 0 Å². The highest BCUT2D eigenvalue weighted by atomic mass is 35.5. The Morgan fingerprint density at radius 1 is 0.824 bits per heavy atom. The van der Waals surface area contributed by atoms with Crippen LogP contribution in [0.15, 0.2) is 97.1 Å². The molecule has 4 aromatic rings. The second-order valence-electron chi connectivity index (χ2n) is 9.12. The lowest BCUT2D eigenvalue weighted by atomic mass is 9.96. The van der Waals surface area contributed by atoms with Gasteiger partial charge in [0.05, 0.1) is 6.42 Å². The maximum Gasteiger partial charge on any atom is 0.227 e. The lowest BCUT2D eigenvalue weighted by Crippen LogP contribution is -2.41. The van der Waals surface area contributed by atoms with E-state index in [1.807, 2.05) is 36.4 Å². The molecule has 170 valence electrons. The molecule has 34 heavy (non-hydrogen) atoms. The Balaban J connectivity index is 1.47. The summed E-state index contributed by atoms with van der Waals surface area (Å²) in [4.78, 5) is 16.0. The Morgan fingerprint density at radius 3 is 2.18 bits per heavy atom. The van der Waals surface area contributed by atoms with Crippen LogP contribution in [0.5, 0.6) is 0 Å². The van der Waals surface area contributed by atoms with E-state index in [0.717, 1.165) is 29.5 Å². The number of aryl methyl sites for hydroxylation is 1. The Hall–Kier alpha value is -3.36. The van der Waals surface area contributed by atoms with Crippen LogP contribution >= 0.6 is 11.6 Å². The fraction of sp³-hybridized carbons (Fsp3) is 0.194. The van der Waals surface area contributed by atoms with Gasteiger partial charge in [0.1, 0.15) is 0 Å². The summed E-state index contributed by atoms with van der Waals surface area (Å²) < 4.78 is 0. The topological polar surface area (TPSA) is 20.3 Å². The summed E-state index contributed by atoms with van der Waals surface area (Å²) in [5.41, 5.74) is 8.23. The van der Waals surface area contributed by atoms with Gasteiger partial charge in [-0.05, 0) is 70.8 Å². The molecule has 5 rings (SSSR count). The van der Waals surface area contributed by atoms with Crippen LogP contribution in [-0.2, 0) is 30.6 Å². The molecule has 0 saturated carbocycles. The first-order valence-corrected chi connectivity index (χ1v) is 12.2. The fourth-order valence-corrected chi connectivity index (χ4v) is 5.21. The number of nitrogens with zero attached hydrogens (tertiary/aromatic N) is 1. The molecule has 3 heteroatoms. The molecule has 0 radical (unpaired) electrons. The van der Waals surface area contributed by atoms with Crippen LogP contribution in [-0.4, -0.2) is 16.8 Å². The molecule has 1 aliphatic rings. The van der Waals surface area contributed by atoms with Gasteiger partial charge in [-0.1, -0.05) is 96.5 Å². The van der Waals surface area contributed by atoms with E-state index in [9.17, 15) is 4.79 Å². The van der Waals surface area contributed by atoms with Crippen molar-refractivity contribution in [1.82, 2.24) is 4.90 Å². The number of carbonyl (C=O) groups excluding carboxylic acids is 1. The minimum Gasteiger partial charge on any atom is -0.334 e. The molecule has 1 amide bonds. The molecule has 2 nitrogen and oxygen atoms in total. The zero-order valence-corrected chi connectivity index (χ0v) is 20.1. The van der Waals surface area contributed by atoms with Crippen molar-refractivity contribution in [3.63, 3.8) is 0 Å². The summed E-state index contributed by atoms with van der Waals surface area (Å²) >= 11 is 6.38. The molecule has 0 spiro atoms. The van der Waals surface area contributed by atoms with Crippen molar-refractivity contribution < 1.29 is 4.79 Å². The molecular weight excluding hydrogens is 438 g/mol. The molecule has 0 bridgehead atoms. The van der Waals surface area contributed by atoms with Crippen molar-refractivity contribution in [1.29, 1.82) is 0 Å². The Labute approximate surface area is 206 Å².